The van der Waals surface area contributed by atoms with Gasteiger partial charge in [-0.3, -0.25) is 10.1 Å². The number of halogens is 1. The quantitative estimate of drug-likeness (QED) is 0.612. The third-order valence-corrected chi connectivity index (χ3v) is 2.59. The second kappa shape index (κ2) is 3.27. The lowest BCUT2D eigenvalue weighted by Crippen LogP contribution is -2.12. The molecule has 1 N–H and O–H groups in total. The first-order valence-electron chi connectivity index (χ1n) is 4.65. The number of nitro groups is 1. The van der Waals surface area contributed by atoms with Crippen LogP contribution in [0.25, 0.3) is 0 Å². The topological polar surface area (TPSA) is 63.4 Å². The molecule has 1 aromatic carbocycles. The number of nitro benzene ring substituents is 1. The first kappa shape index (κ1) is 10.0. The molecule has 1 fully saturated rings. The highest BCUT2D eigenvalue weighted by molar-refractivity contribution is 5.36. The predicted octanol–water partition coefficient (Wildman–Crippen LogP) is 1.80. The first-order valence-corrected chi connectivity index (χ1v) is 4.65. The number of aliphatic hydroxyl groups is 1. The van der Waals surface area contributed by atoms with Crippen molar-refractivity contribution in [1.82, 2.24) is 0 Å². The van der Waals surface area contributed by atoms with E-state index < -0.39 is 16.3 Å². The Kier molecular flexibility index (Phi) is 2.19. The molecule has 0 amide bonds. The van der Waals surface area contributed by atoms with Crippen LogP contribution < -0.4 is 0 Å². The minimum absolute atomic E-state index is 0.143. The molecule has 0 radical (unpaired) electrons. The van der Waals surface area contributed by atoms with Gasteiger partial charge in [-0.25, -0.2) is 4.39 Å². The van der Waals surface area contributed by atoms with Crippen LogP contribution in [0.4, 0.5) is 10.1 Å². The summed E-state index contributed by atoms with van der Waals surface area (Å²) in [5, 5.41) is 20.1. The monoisotopic (exact) mass is 211 g/mol. The molecule has 15 heavy (non-hydrogen) atoms. The number of hydrogen-bond acceptors (Lipinski definition) is 3. The molecule has 5 heteroatoms. The highest BCUT2D eigenvalue weighted by Crippen LogP contribution is 2.39. The Labute approximate surface area is 85.5 Å². The zero-order chi connectivity index (χ0) is 11.1. The van der Waals surface area contributed by atoms with Crippen LogP contribution in [-0.2, 0) is 6.42 Å². The van der Waals surface area contributed by atoms with Gasteiger partial charge in [-0.05, 0) is 24.5 Å². The molecule has 0 unspecified atom stereocenters. The van der Waals surface area contributed by atoms with Gasteiger partial charge < -0.3 is 5.11 Å². The van der Waals surface area contributed by atoms with Gasteiger partial charge in [0.05, 0.1) is 10.5 Å². The van der Waals surface area contributed by atoms with Crippen LogP contribution in [0, 0.1) is 15.9 Å². The summed E-state index contributed by atoms with van der Waals surface area (Å²) in [5.41, 5.74) is -0.768. The zero-order valence-corrected chi connectivity index (χ0v) is 7.94. The third-order valence-electron chi connectivity index (χ3n) is 2.59. The highest BCUT2D eigenvalue weighted by Gasteiger charge is 2.41. The Morgan fingerprint density at radius 3 is 2.73 bits per heavy atom. The summed E-state index contributed by atoms with van der Waals surface area (Å²) in [6.45, 7) is 0. The van der Waals surface area contributed by atoms with E-state index >= 15 is 0 Å². The lowest BCUT2D eigenvalue weighted by molar-refractivity contribution is -0.385. The van der Waals surface area contributed by atoms with Crippen LogP contribution in [0.15, 0.2) is 18.2 Å². The van der Waals surface area contributed by atoms with E-state index in [1.165, 1.54) is 6.07 Å². The number of nitrogens with zero attached hydrogens (tertiary/aromatic N) is 1. The zero-order valence-electron chi connectivity index (χ0n) is 7.94. The molecule has 0 bridgehead atoms. The second-order valence-corrected chi connectivity index (χ2v) is 3.93. The summed E-state index contributed by atoms with van der Waals surface area (Å²) in [6, 6.07) is 3.38. The van der Waals surface area contributed by atoms with Gasteiger partial charge in [0.25, 0.3) is 5.69 Å². The Morgan fingerprint density at radius 2 is 2.20 bits per heavy atom. The maximum Gasteiger partial charge on any atom is 0.269 e. The molecule has 80 valence electrons. The van der Waals surface area contributed by atoms with Gasteiger partial charge in [0.2, 0.25) is 0 Å². The second-order valence-electron chi connectivity index (χ2n) is 3.93. The van der Waals surface area contributed by atoms with Crippen LogP contribution >= 0.6 is 0 Å². The molecule has 0 heterocycles. The third kappa shape index (κ3) is 2.12. The van der Waals surface area contributed by atoms with Crippen molar-refractivity contribution >= 4 is 5.69 Å². The molecule has 2 rings (SSSR count). The fraction of sp³-hybridized carbons (Fsp3) is 0.400. The smallest absolute Gasteiger partial charge is 0.269 e. The molecule has 1 aromatic rings. The highest BCUT2D eigenvalue weighted by atomic mass is 19.1. The minimum Gasteiger partial charge on any atom is -0.390 e. The molecule has 1 aliphatic carbocycles. The summed E-state index contributed by atoms with van der Waals surface area (Å²) >= 11 is 0. The standard InChI is InChI=1S/C10H10FNO3/c11-9-2-1-8(12(14)15)5-7(9)6-10(13)3-4-10/h1-2,5,13H,3-4,6H2. The van der Waals surface area contributed by atoms with Gasteiger partial charge in [0.15, 0.2) is 0 Å². The molecule has 4 nitrogen and oxygen atoms in total. The van der Waals surface area contributed by atoms with E-state index in [1.54, 1.807) is 0 Å². The Hall–Kier alpha value is -1.49. The van der Waals surface area contributed by atoms with Gasteiger partial charge in [-0.15, -0.1) is 0 Å². The molecular formula is C10H10FNO3. The number of rotatable bonds is 3. The number of non-ortho nitro benzene ring substituents is 1. The van der Waals surface area contributed by atoms with Crippen LogP contribution in [0.5, 0.6) is 0 Å². The van der Waals surface area contributed by atoms with Crippen LogP contribution in [0.2, 0.25) is 0 Å². The van der Waals surface area contributed by atoms with Crippen molar-refractivity contribution in [2.75, 3.05) is 0 Å². The van der Waals surface area contributed by atoms with Crippen molar-refractivity contribution in [3.8, 4) is 0 Å². The van der Waals surface area contributed by atoms with E-state index in [0.29, 0.717) is 12.8 Å². The molecule has 0 atom stereocenters. The molecule has 1 aliphatic rings. The Bertz CT molecular complexity index is 415. The SMILES string of the molecule is O=[N+]([O-])c1ccc(F)c(CC2(O)CC2)c1. The summed E-state index contributed by atoms with van der Waals surface area (Å²) < 4.78 is 13.3. The van der Waals surface area contributed by atoms with Crippen molar-refractivity contribution in [1.29, 1.82) is 0 Å². The summed E-state index contributed by atoms with van der Waals surface area (Å²) in [7, 11) is 0. The first-order chi connectivity index (χ1) is 7.00. The maximum atomic E-state index is 13.3. The van der Waals surface area contributed by atoms with Crippen LogP contribution in [0.3, 0.4) is 0 Å². The van der Waals surface area contributed by atoms with Crippen molar-refractivity contribution in [2.24, 2.45) is 0 Å². The van der Waals surface area contributed by atoms with E-state index in [4.69, 9.17) is 0 Å². The molecule has 1 saturated carbocycles. The van der Waals surface area contributed by atoms with Gasteiger partial charge in [-0.1, -0.05) is 0 Å². The van der Waals surface area contributed by atoms with Crippen molar-refractivity contribution in [3.63, 3.8) is 0 Å². The predicted molar refractivity (Wildman–Crippen MR) is 50.9 cm³/mol. The van der Waals surface area contributed by atoms with Crippen LogP contribution in [-0.4, -0.2) is 15.6 Å². The summed E-state index contributed by atoms with van der Waals surface area (Å²) in [6.07, 6.45) is 1.42. The fourth-order valence-electron chi connectivity index (χ4n) is 1.49. The average molecular weight is 211 g/mol. The van der Waals surface area contributed by atoms with E-state index in [1.807, 2.05) is 0 Å². The lowest BCUT2D eigenvalue weighted by Gasteiger charge is -2.07. The molecule has 0 aliphatic heterocycles. The van der Waals surface area contributed by atoms with Gasteiger partial charge in [0, 0.05) is 18.6 Å². The lowest BCUT2D eigenvalue weighted by atomic mass is 10.1. The number of hydrogen-bond donors (Lipinski definition) is 1. The van der Waals surface area contributed by atoms with Crippen molar-refractivity contribution in [2.45, 2.75) is 24.9 Å². The Balaban J connectivity index is 2.28. The van der Waals surface area contributed by atoms with E-state index in [9.17, 15) is 19.6 Å². The molecule has 0 saturated heterocycles. The molecule has 0 aromatic heterocycles. The number of benzene rings is 1. The maximum absolute atomic E-state index is 13.3. The van der Waals surface area contributed by atoms with Crippen LogP contribution in [0.1, 0.15) is 18.4 Å². The molecule has 0 spiro atoms. The fourth-order valence-corrected chi connectivity index (χ4v) is 1.49. The van der Waals surface area contributed by atoms with E-state index in [-0.39, 0.29) is 17.7 Å². The molecular weight excluding hydrogens is 201 g/mol. The minimum atomic E-state index is -0.837. The van der Waals surface area contributed by atoms with E-state index in [0.717, 1.165) is 12.1 Å². The normalized spacial score (nSPS) is 17.5. The van der Waals surface area contributed by atoms with Gasteiger partial charge in [0.1, 0.15) is 5.82 Å². The van der Waals surface area contributed by atoms with Crippen molar-refractivity contribution in [3.05, 3.63) is 39.7 Å². The summed E-state index contributed by atoms with van der Waals surface area (Å²) in [5.74, 6) is -0.499. The van der Waals surface area contributed by atoms with Gasteiger partial charge in [-0.2, -0.15) is 0 Å². The van der Waals surface area contributed by atoms with E-state index in [2.05, 4.69) is 0 Å². The Morgan fingerprint density at radius 1 is 1.53 bits per heavy atom. The largest absolute Gasteiger partial charge is 0.390 e. The summed E-state index contributed by atoms with van der Waals surface area (Å²) in [4.78, 5) is 9.90. The average Bonchev–Trinajstić information content (AvgIpc) is 2.87. The van der Waals surface area contributed by atoms with Crippen molar-refractivity contribution < 1.29 is 14.4 Å². The van der Waals surface area contributed by atoms with Gasteiger partial charge >= 0.3 is 0 Å².